The number of amides is 2. The van der Waals surface area contributed by atoms with Gasteiger partial charge in [-0.3, -0.25) is 4.79 Å². The van der Waals surface area contributed by atoms with E-state index in [4.69, 9.17) is 20.8 Å². The van der Waals surface area contributed by atoms with Crippen LogP contribution in [0.15, 0.2) is 82.0 Å². The van der Waals surface area contributed by atoms with Crippen molar-refractivity contribution in [3.05, 3.63) is 110 Å². The first-order valence-corrected chi connectivity index (χ1v) is 13.0. The lowest BCUT2D eigenvalue weighted by Crippen LogP contribution is -2.55. The van der Waals surface area contributed by atoms with Gasteiger partial charge in [-0.05, 0) is 50.1 Å². The molecule has 40 heavy (non-hydrogen) atoms. The second-order valence-electron chi connectivity index (χ2n) is 10.6. The largest absolute Gasteiger partial charge is 0.444 e. The van der Waals surface area contributed by atoms with Crippen LogP contribution in [0.4, 0.5) is 10.5 Å². The molecular formula is C31H26ClN3O5. The topological polar surface area (TPSA) is 113 Å². The van der Waals surface area contributed by atoms with Crippen LogP contribution in [0.25, 0.3) is 11.0 Å². The highest BCUT2D eigenvalue weighted by Crippen LogP contribution is 2.47. The zero-order valence-electron chi connectivity index (χ0n) is 22.2. The number of alkyl carbamates (subject to hydrolysis) is 1. The van der Waals surface area contributed by atoms with Crippen molar-refractivity contribution in [2.75, 3.05) is 4.90 Å². The maximum absolute atomic E-state index is 14.6. The Hall–Kier alpha value is -4.61. The fourth-order valence-electron chi connectivity index (χ4n) is 5.11. The zero-order valence-corrected chi connectivity index (χ0v) is 22.9. The number of anilines is 1. The van der Waals surface area contributed by atoms with Crippen molar-refractivity contribution in [2.24, 2.45) is 0 Å². The summed E-state index contributed by atoms with van der Waals surface area (Å²) in [5.41, 5.74) is -1.54. The summed E-state index contributed by atoms with van der Waals surface area (Å²) in [6, 6.07) is 23.2. The summed E-state index contributed by atoms with van der Waals surface area (Å²) in [6.45, 7) is 5.33. The molecular weight excluding hydrogens is 530 g/mol. The molecule has 0 aliphatic carbocycles. The van der Waals surface area contributed by atoms with Crippen LogP contribution in [-0.4, -0.2) is 17.6 Å². The molecule has 2 amide bonds. The quantitative estimate of drug-likeness (QED) is 0.310. The molecule has 0 unspecified atom stereocenters. The van der Waals surface area contributed by atoms with Crippen LogP contribution >= 0.6 is 11.6 Å². The van der Waals surface area contributed by atoms with E-state index in [1.807, 2.05) is 36.4 Å². The number of ether oxygens (including phenoxy) is 1. The normalized spacial score (nSPS) is 16.5. The highest BCUT2D eigenvalue weighted by molar-refractivity contribution is 6.33. The lowest BCUT2D eigenvalue weighted by Gasteiger charge is -2.32. The summed E-state index contributed by atoms with van der Waals surface area (Å²) >= 11 is 6.78. The molecule has 9 heteroatoms. The standard InChI is InChI=1S/C31H26ClN3O5/c1-30(2,3)40-29(38)34-31(16-21-20-12-7-8-15-25(20)39-27(36)22(21)17-33)26-23(32)13-9-14-24(26)35(28(31)37)18-19-10-5-4-6-11-19/h4-15H,16,18H2,1-3H3,(H,34,38)/t31-/m0/s1. The fraction of sp³-hybridized carbons (Fsp3) is 0.226. The van der Waals surface area contributed by atoms with E-state index in [1.54, 1.807) is 68.1 Å². The molecule has 2 heterocycles. The fourth-order valence-corrected chi connectivity index (χ4v) is 5.44. The first-order valence-electron chi connectivity index (χ1n) is 12.6. The van der Waals surface area contributed by atoms with Gasteiger partial charge in [0.25, 0.3) is 5.91 Å². The number of fused-ring (bicyclic) bond motifs is 2. The monoisotopic (exact) mass is 555 g/mol. The first kappa shape index (κ1) is 27.0. The van der Waals surface area contributed by atoms with Crippen LogP contribution in [0.3, 0.4) is 0 Å². The van der Waals surface area contributed by atoms with Gasteiger partial charge in [-0.15, -0.1) is 0 Å². The number of benzene rings is 3. The first-order chi connectivity index (χ1) is 19.0. The Morgan fingerprint density at radius 2 is 1.75 bits per heavy atom. The van der Waals surface area contributed by atoms with Crippen molar-refractivity contribution >= 4 is 40.3 Å². The number of hydrogen-bond donors (Lipinski definition) is 1. The zero-order chi connectivity index (χ0) is 28.7. The highest BCUT2D eigenvalue weighted by Gasteiger charge is 2.54. The Bertz CT molecular complexity index is 1740. The molecule has 0 saturated carbocycles. The Labute approximate surface area is 235 Å². The molecule has 0 saturated heterocycles. The molecule has 8 nitrogen and oxygen atoms in total. The molecule has 5 rings (SSSR count). The second-order valence-corrected chi connectivity index (χ2v) is 11.0. The Balaban J connectivity index is 1.76. The number of nitriles is 1. The minimum atomic E-state index is -1.80. The number of para-hydroxylation sites is 1. The van der Waals surface area contributed by atoms with E-state index in [9.17, 15) is 19.6 Å². The van der Waals surface area contributed by atoms with Crippen LogP contribution in [0.5, 0.6) is 0 Å². The molecule has 1 aliphatic heterocycles. The third-order valence-corrected chi connectivity index (χ3v) is 7.01. The van der Waals surface area contributed by atoms with Gasteiger partial charge >= 0.3 is 11.7 Å². The number of carbonyl (C=O) groups is 2. The number of hydrogen-bond acceptors (Lipinski definition) is 6. The molecule has 3 aromatic carbocycles. The van der Waals surface area contributed by atoms with Gasteiger partial charge in [0.05, 0.1) is 12.2 Å². The molecule has 0 spiro atoms. The van der Waals surface area contributed by atoms with Crippen LogP contribution in [0, 0.1) is 11.3 Å². The molecule has 0 radical (unpaired) electrons. The average Bonchev–Trinajstić information content (AvgIpc) is 3.11. The summed E-state index contributed by atoms with van der Waals surface area (Å²) in [5.74, 6) is -0.480. The maximum Gasteiger partial charge on any atom is 0.408 e. The van der Waals surface area contributed by atoms with E-state index in [0.717, 1.165) is 5.56 Å². The van der Waals surface area contributed by atoms with Crippen molar-refractivity contribution in [2.45, 2.75) is 44.9 Å². The molecule has 1 N–H and O–H groups in total. The van der Waals surface area contributed by atoms with E-state index in [-0.39, 0.29) is 34.7 Å². The lowest BCUT2D eigenvalue weighted by molar-refractivity contribution is -0.124. The molecule has 1 aromatic heterocycles. The molecule has 1 atom stereocenters. The number of halogens is 1. The maximum atomic E-state index is 14.6. The second kappa shape index (κ2) is 10.2. The lowest BCUT2D eigenvalue weighted by atomic mass is 9.82. The summed E-state index contributed by atoms with van der Waals surface area (Å²) in [5, 5.41) is 13.5. The molecule has 4 aromatic rings. The van der Waals surface area contributed by atoms with Crippen LogP contribution in [0.2, 0.25) is 5.02 Å². The minimum Gasteiger partial charge on any atom is -0.444 e. The third kappa shape index (κ3) is 4.80. The van der Waals surface area contributed by atoms with Crippen molar-refractivity contribution in [1.29, 1.82) is 5.26 Å². The highest BCUT2D eigenvalue weighted by atomic mass is 35.5. The Kier molecular flexibility index (Phi) is 6.86. The van der Waals surface area contributed by atoms with Crippen LogP contribution < -0.4 is 15.8 Å². The minimum absolute atomic E-state index is 0.202. The van der Waals surface area contributed by atoms with E-state index in [0.29, 0.717) is 16.6 Å². The van der Waals surface area contributed by atoms with Gasteiger partial charge in [-0.25, -0.2) is 9.59 Å². The van der Waals surface area contributed by atoms with Gasteiger partial charge in [0, 0.05) is 22.4 Å². The number of nitrogens with zero attached hydrogens (tertiary/aromatic N) is 2. The summed E-state index contributed by atoms with van der Waals surface area (Å²) < 4.78 is 11.0. The third-order valence-electron chi connectivity index (χ3n) is 6.69. The van der Waals surface area contributed by atoms with Crippen molar-refractivity contribution in [3.8, 4) is 6.07 Å². The summed E-state index contributed by atoms with van der Waals surface area (Å²) in [7, 11) is 0. The van der Waals surface area contributed by atoms with Crippen LogP contribution in [-0.2, 0) is 28.0 Å². The van der Waals surface area contributed by atoms with Crippen LogP contribution in [0.1, 0.15) is 43.0 Å². The average molecular weight is 556 g/mol. The number of carbonyl (C=O) groups excluding carboxylic acids is 2. The molecule has 0 fully saturated rings. The molecule has 1 aliphatic rings. The van der Waals surface area contributed by atoms with Crippen molar-refractivity contribution < 1.29 is 18.7 Å². The molecule has 0 bridgehead atoms. The van der Waals surface area contributed by atoms with E-state index in [2.05, 4.69) is 5.32 Å². The summed E-state index contributed by atoms with van der Waals surface area (Å²) in [6.07, 6.45) is -1.10. The Morgan fingerprint density at radius 1 is 1.05 bits per heavy atom. The van der Waals surface area contributed by atoms with Gasteiger partial charge in [0.2, 0.25) is 0 Å². The predicted molar refractivity (Wildman–Crippen MR) is 151 cm³/mol. The van der Waals surface area contributed by atoms with Gasteiger partial charge < -0.3 is 19.4 Å². The summed E-state index contributed by atoms with van der Waals surface area (Å²) in [4.78, 5) is 42.3. The Morgan fingerprint density at radius 3 is 2.45 bits per heavy atom. The molecule has 202 valence electrons. The van der Waals surface area contributed by atoms with E-state index < -0.39 is 28.8 Å². The number of nitrogens with one attached hydrogen (secondary N) is 1. The predicted octanol–water partition coefficient (Wildman–Crippen LogP) is 5.83. The van der Waals surface area contributed by atoms with Gasteiger partial charge in [-0.2, -0.15) is 5.26 Å². The van der Waals surface area contributed by atoms with Gasteiger partial charge in [0.1, 0.15) is 22.8 Å². The van der Waals surface area contributed by atoms with Gasteiger partial charge in [0.15, 0.2) is 5.54 Å². The van der Waals surface area contributed by atoms with Crippen molar-refractivity contribution in [3.63, 3.8) is 0 Å². The SMILES string of the molecule is CC(C)(C)OC(=O)N[C@]1(Cc2c(C#N)c(=O)oc3ccccc23)C(=O)N(Cc2ccccc2)c2cccc(Cl)c21. The smallest absolute Gasteiger partial charge is 0.408 e. The number of rotatable bonds is 5. The van der Waals surface area contributed by atoms with E-state index >= 15 is 0 Å². The van der Waals surface area contributed by atoms with E-state index in [1.165, 1.54) is 0 Å². The van der Waals surface area contributed by atoms with Gasteiger partial charge in [-0.1, -0.05) is 66.2 Å². The van der Waals surface area contributed by atoms with Crippen molar-refractivity contribution in [1.82, 2.24) is 5.32 Å².